The van der Waals surface area contributed by atoms with Crippen molar-refractivity contribution in [3.05, 3.63) is 58.9 Å². The van der Waals surface area contributed by atoms with Gasteiger partial charge < -0.3 is 4.74 Å². The van der Waals surface area contributed by atoms with E-state index in [1.54, 1.807) is 0 Å². The monoisotopic (exact) mass is 367 g/mol. The summed E-state index contributed by atoms with van der Waals surface area (Å²) in [6.45, 7) is -0.157. The summed E-state index contributed by atoms with van der Waals surface area (Å²) < 4.78 is 44.6. The van der Waals surface area contributed by atoms with Crippen molar-refractivity contribution in [3.8, 4) is 10.6 Å². The molecule has 0 aliphatic heterocycles. The minimum atomic E-state index is -4.72. The highest BCUT2D eigenvalue weighted by molar-refractivity contribution is 7.15. The second-order valence-electron chi connectivity index (χ2n) is 5.14. The topological polar surface area (TPSA) is 57.0 Å². The lowest BCUT2D eigenvalue weighted by Gasteiger charge is -2.05. The van der Waals surface area contributed by atoms with E-state index in [2.05, 4.69) is 10.1 Å². The van der Waals surface area contributed by atoms with Gasteiger partial charge in [-0.05, 0) is 0 Å². The van der Waals surface area contributed by atoms with Crippen LogP contribution in [0.3, 0.4) is 0 Å². The molecule has 1 aromatic carbocycles. The predicted octanol–water partition coefficient (Wildman–Crippen LogP) is 3.92. The molecule has 0 spiro atoms. The zero-order valence-corrected chi connectivity index (χ0v) is 13.8. The zero-order valence-electron chi connectivity index (χ0n) is 12.9. The van der Waals surface area contributed by atoms with Crippen LogP contribution in [0.25, 0.3) is 10.6 Å². The number of esters is 1. The molecule has 0 radical (unpaired) electrons. The van der Waals surface area contributed by atoms with Crippen LogP contribution in [0.1, 0.15) is 20.9 Å². The van der Waals surface area contributed by atoms with Crippen LogP contribution in [0, 0.1) is 0 Å². The Labute approximate surface area is 144 Å². The normalized spacial score (nSPS) is 11.5. The second kappa shape index (κ2) is 6.67. The number of benzene rings is 1. The number of hydrogen-bond acceptors (Lipinski definition) is 5. The molecule has 0 amide bonds. The van der Waals surface area contributed by atoms with Gasteiger partial charge in [-0.2, -0.15) is 18.3 Å². The standard InChI is InChI=1S/C16H12F3N3O2S/c1-22-8-12(13(21-22)16(17,18)19)15(23)24-9-11-7-20-14(25-11)10-5-3-2-4-6-10/h2-8H,9H2,1H3. The smallest absolute Gasteiger partial charge is 0.436 e. The number of thiazole rings is 1. The third kappa shape index (κ3) is 3.87. The van der Waals surface area contributed by atoms with Gasteiger partial charge in [0.15, 0.2) is 5.69 Å². The number of alkyl halides is 3. The van der Waals surface area contributed by atoms with E-state index in [1.165, 1.54) is 24.6 Å². The maximum atomic E-state index is 12.9. The first kappa shape index (κ1) is 17.2. The Morgan fingerprint density at radius 1 is 1.28 bits per heavy atom. The first-order valence-electron chi connectivity index (χ1n) is 7.12. The Morgan fingerprint density at radius 2 is 2.00 bits per heavy atom. The Morgan fingerprint density at radius 3 is 2.68 bits per heavy atom. The van der Waals surface area contributed by atoms with E-state index in [9.17, 15) is 18.0 Å². The molecule has 130 valence electrons. The van der Waals surface area contributed by atoms with Crippen LogP contribution in [0.5, 0.6) is 0 Å². The van der Waals surface area contributed by atoms with Crippen LogP contribution in [-0.2, 0) is 24.6 Å². The van der Waals surface area contributed by atoms with Crippen molar-refractivity contribution in [1.29, 1.82) is 0 Å². The zero-order chi connectivity index (χ0) is 18.0. The van der Waals surface area contributed by atoms with Crippen LogP contribution in [-0.4, -0.2) is 20.7 Å². The molecular weight excluding hydrogens is 355 g/mol. The number of rotatable bonds is 4. The van der Waals surface area contributed by atoms with E-state index in [4.69, 9.17) is 4.74 Å². The summed E-state index contributed by atoms with van der Waals surface area (Å²) in [5.41, 5.74) is -0.950. The number of aryl methyl sites for hydroxylation is 1. The fourth-order valence-electron chi connectivity index (χ4n) is 2.15. The van der Waals surface area contributed by atoms with Crippen molar-refractivity contribution in [3.63, 3.8) is 0 Å². The summed E-state index contributed by atoms with van der Waals surface area (Å²) in [6.07, 6.45) is -2.19. The molecule has 3 aromatic rings. The van der Waals surface area contributed by atoms with Crippen LogP contribution >= 0.6 is 11.3 Å². The quantitative estimate of drug-likeness (QED) is 0.656. The van der Waals surface area contributed by atoms with Gasteiger partial charge in [0, 0.05) is 25.0 Å². The van der Waals surface area contributed by atoms with Crippen LogP contribution < -0.4 is 0 Å². The van der Waals surface area contributed by atoms with Gasteiger partial charge in [-0.25, -0.2) is 9.78 Å². The van der Waals surface area contributed by atoms with E-state index in [0.29, 0.717) is 4.88 Å². The molecule has 0 saturated heterocycles. The molecule has 0 unspecified atom stereocenters. The predicted molar refractivity (Wildman–Crippen MR) is 84.9 cm³/mol. The lowest BCUT2D eigenvalue weighted by atomic mass is 10.2. The Bertz CT molecular complexity index is 888. The highest BCUT2D eigenvalue weighted by atomic mass is 32.1. The number of carbonyl (C=O) groups excluding carboxylic acids is 1. The molecule has 0 saturated carbocycles. The van der Waals surface area contributed by atoms with Crippen molar-refractivity contribution < 1.29 is 22.7 Å². The molecule has 0 aliphatic rings. The van der Waals surface area contributed by atoms with Crippen molar-refractivity contribution in [2.75, 3.05) is 0 Å². The average Bonchev–Trinajstić information content (AvgIpc) is 3.20. The largest absolute Gasteiger partial charge is 0.456 e. The number of aromatic nitrogens is 3. The maximum absolute atomic E-state index is 12.9. The lowest BCUT2D eigenvalue weighted by molar-refractivity contribution is -0.142. The number of carbonyl (C=O) groups is 1. The fourth-order valence-corrected chi connectivity index (χ4v) is 2.98. The number of hydrogen-bond donors (Lipinski definition) is 0. The molecule has 0 aliphatic carbocycles. The summed E-state index contributed by atoms with van der Waals surface area (Å²) in [4.78, 5) is 16.8. The summed E-state index contributed by atoms with van der Waals surface area (Å²) in [6, 6.07) is 9.40. The molecule has 2 aromatic heterocycles. The lowest BCUT2D eigenvalue weighted by Crippen LogP contribution is -2.14. The Balaban J connectivity index is 1.71. The van der Waals surface area contributed by atoms with E-state index < -0.39 is 23.4 Å². The number of ether oxygens (including phenoxy) is 1. The Hall–Kier alpha value is -2.68. The van der Waals surface area contributed by atoms with Gasteiger partial charge in [-0.3, -0.25) is 4.68 Å². The van der Waals surface area contributed by atoms with E-state index in [0.717, 1.165) is 21.4 Å². The van der Waals surface area contributed by atoms with Gasteiger partial charge in [-0.1, -0.05) is 30.3 Å². The second-order valence-corrected chi connectivity index (χ2v) is 6.25. The molecule has 0 atom stereocenters. The first-order valence-corrected chi connectivity index (χ1v) is 7.94. The molecule has 0 N–H and O–H groups in total. The Kier molecular flexibility index (Phi) is 4.58. The van der Waals surface area contributed by atoms with Crippen molar-refractivity contribution in [2.24, 2.45) is 7.05 Å². The van der Waals surface area contributed by atoms with Crippen molar-refractivity contribution in [2.45, 2.75) is 12.8 Å². The van der Waals surface area contributed by atoms with Gasteiger partial charge in [0.05, 0.1) is 4.88 Å². The number of nitrogens with zero attached hydrogens (tertiary/aromatic N) is 3. The van der Waals surface area contributed by atoms with E-state index in [-0.39, 0.29) is 6.61 Å². The summed E-state index contributed by atoms with van der Waals surface area (Å²) >= 11 is 1.31. The van der Waals surface area contributed by atoms with Crippen LogP contribution in [0.2, 0.25) is 0 Å². The van der Waals surface area contributed by atoms with Crippen molar-refractivity contribution in [1.82, 2.24) is 14.8 Å². The summed E-state index contributed by atoms with van der Waals surface area (Å²) in [5, 5.41) is 4.02. The third-order valence-electron chi connectivity index (χ3n) is 3.24. The summed E-state index contributed by atoms with van der Waals surface area (Å²) in [7, 11) is 1.31. The van der Waals surface area contributed by atoms with E-state index >= 15 is 0 Å². The van der Waals surface area contributed by atoms with Crippen LogP contribution in [0.4, 0.5) is 13.2 Å². The molecule has 2 heterocycles. The molecule has 0 bridgehead atoms. The molecule has 3 rings (SSSR count). The van der Waals surface area contributed by atoms with Gasteiger partial charge in [0.1, 0.15) is 17.2 Å². The number of halogens is 3. The molecule has 5 nitrogen and oxygen atoms in total. The SMILES string of the molecule is Cn1cc(C(=O)OCc2cnc(-c3ccccc3)s2)c(C(F)(F)F)n1. The average molecular weight is 367 g/mol. The van der Waals surface area contributed by atoms with Gasteiger partial charge >= 0.3 is 12.1 Å². The minimum absolute atomic E-state index is 0.157. The van der Waals surface area contributed by atoms with Gasteiger partial charge in [-0.15, -0.1) is 11.3 Å². The molecule has 25 heavy (non-hydrogen) atoms. The van der Waals surface area contributed by atoms with Crippen molar-refractivity contribution >= 4 is 17.3 Å². The fraction of sp³-hybridized carbons (Fsp3) is 0.188. The van der Waals surface area contributed by atoms with Gasteiger partial charge in [0.25, 0.3) is 0 Å². The maximum Gasteiger partial charge on any atom is 0.436 e. The van der Waals surface area contributed by atoms with Gasteiger partial charge in [0.2, 0.25) is 0 Å². The molecule has 0 fully saturated rings. The first-order chi connectivity index (χ1) is 11.8. The minimum Gasteiger partial charge on any atom is -0.456 e. The van der Waals surface area contributed by atoms with Crippen LogP contribution in [0.15, 0.2) is 42.7 Å². The third-order valence-corrected chi connectivity index (χ3v) is 4.26. The molecular formula is C16H12F3N3O2S. The summed E-state index contributed by atoms with van der Waals surface area (Å²) in [5.74, 6) is -1.07. The highest BCUT2D eigenvalue weighted by Crippen LogP contribution is 2.31. The van der Waals surface area contributed by atoms with E-state index in [1.807, 2.05) is 30.3 Å². The molecule has 9 heteroatoms. The highest BCUT2D eigenvalue weighted by Gasteiger charge is 2.39.